The van der Waals surface area contributed by atoms with Crippen LogP contribution < -0.4 is 5.32 Å². The van der Waals surface area contributed by atoms with Gasteiger partial charge in [-0.25, -0.2) is 0 Å². The Morgan fingerprint density at radius 1 is 1.10 bits per heavy atom. The van der Waals surface area contributed by atoms with Gasteiger partial charge in [-0.2, -0.15) is 0 Å². The van der Waals surface area contributed by atoms with Gasteiger partial charge in [0.05, 0.1) is 13.2 Å². The van der Waals surface area contributed by atoms with Gasteiger partial charge in [-0.05, 0) is 25.7 Å². The molecule has 1 aliphatic heterocycles. The maximum absolute atomic E-state index is 12.3. The Balaban J connectivity index is 1.69. The van der Waals surface area contributed by atoms with E-state index >= 15 is 0 Å². The zero-order chi connectivity index (χ0) is 13.8. The second-order valence-corrected chi connectivity index (χ2v) is 6.25. The van der Waals surface area contributed by atoms with E-state index in [4.69, 9.17) is 4.74 Å². The fraction of sp³-hybridized carbons (Fsp3) is 0.812. The first kappa shape index (κ1) is 14.1. The first-order chi connectivity index (χ1) is 9.83. The molecule has 0 aromatic carbocycles. The van der Waals surface area contributed by atoms with Gasteiger partial charge in [0.1, 0.15) is 0 Å². The molecule has 1 saturated heterocycles. The number of hydrogen-bond donors (Lipinski definition) is 1. The highest BCUT2D eigenvalue weighted by Crippen LogP contribution is 2.25. The molecule has 1 heterocycles. The number of morpholine rings is 1. The number of nitrogens with one attached hydrogen (secondary N) is 1. The van der Waals surface area contributed by atoms with E-state index in [1.165, 1.54) is 31.4 Å². The highest BCUT2D eigenvalue weighted by atomic mass is 16.5. The van der Waals surface area contributed by atoms with Crippen molar-refractivity contribution in [3.05, 3.63) is 11.3 Å². The van der Waals surface area contributed by atoms with Gasteiger partial charge in [0.2, 0.25) is 0 Å². The Kier molecular flexibility index (Phi) is 4.73. The van der Waals surface area contributed by atoms with Crippen LogP contribution in [0.2, 0.25) is 0 Å². The fourth-order valence-electron chi connectivity index (χ4n) is 3.54. The van der Waals surface area contributed by atoms with Gasteiger partial charge >= 0.3 is 0 Å². The van der Waals surface area contributed by atoms with E-state index in [2.05, 4.69) is 10.2 Å². The minimum absolute atomic E-state index is 0.364. The molecule has 1 N–H and O–H groups in total. The van der Waals surface area contributed by atoms with Crippen LogP contribution in [0.1, 0.15) is 44.9 Å². The third-order valence-corrected chi connectivity index (χ3v) is 4.75. The fourth-order valence-corrected chi connectivity index (χ4v) is 3.54. The van der Waals surface area contributed by atoms with Gasteiger partial charge in [0, 0.05) is 43.4 Å². The van der Waals surface area contributed by atoms with Crippen LogP contribution >= 0.6 is 0 Å². The lowest BCUT2D eigenvalue weighted by Gasteiger charge is -2.30. The second-order valence-electron chi connectivity index (χ2n) is 6.25. The summed E-state index contributed by atoms with van der Waals surface area (Å²) < 4.78 is 5.39. The lowest BCUT2D eigenvalue weighted by molar-refractivity contribution is -0.116. The van der Waals surface area contributed by atoms with Gasteiger partial charge < -0.3 is 10.1 Å². The van der Waals surface area contributed by atoms with Crippen molar-refractivity contribution in [3.63, 3.8) is 0 Å². The van der Waals surface area contributed by atoms with Crippen LogP contribution in [0.15, 0.2) is 11.3 Å². The molecule has 4 heteroatoms. The largest absolute Gasteiger partial charge is 0.385 e. The highest BCUT2D eigenvalue weighted by molar-refractivity contribution is 5.97. The van der Waals surface area contributed by atoms with E-state index in [1.807, 2.05) is 0 Å². The van der Waals surface area contributed by atoms with Crippen LogP contribution in [0.4, 0.5) is 0 Å². The molecule has 2 aliphatic carbocycles. The summed E-state index contributed by atoms with van der Waals surface area (Å²) in [4.78, 5) is 14.7. The molecule has 0 bridgehead atoms. The molecule has 1 saturated carbocycles. The summed E-state index contributed by atoms with van der Waals surface area (Å²) in [6, 6.07) is 0.607. The molecule has 0 unspecified atom stereocenters. The molecule has 0 radical (unpaired) electrons. The molecular weight excluding hydrogens is 252 g/mol. The molecule has 3 rings (SSSR count). The highest BCUT2D eigenvalue weighted by Gasteiger charge is 2.25. The molecule has 0 spiro atoms. The van der Waals surface area contributed by atoms with Crippen LogP contribution in [-0.4, -0.2) is 49.6 Å². The zero-order valence-electron chi connectivity index (χ0n) is 12.3. The van der Waals surface area contributed by atoms with Crippen LogP contribution in [0.3, 0.4) is 0 Å². The number of ether oxygens (including phenoxy) is 1. The maximum atomic E-state index is 12.3. The molecule has 20 heavy (non-hydrogen) atoms. The molecular formula is C16H26N2O2. The minimum Gasteiger partial charge on any atom is -0.385 e. The van der Waals surface area contributed by atoms with Crippen LogP contribution in [0, 0.1) is 0 Å². The first-order valence-corrected chi connectivity index (χ1v) is 8.15. The Hall–Kier alpha value is -0.870. The Morgan fingerprint density at radius 3 is 2.60 bits per heavy atom. The number of allylic oxidation sites excluding steroid dienone is 1. The van der Waals surface area contributed by atoms with Crippen molar-refractivity contribution >= 4 is 5.78 Å². The zero-order valence-corrected chi connectivity index (χ0v) is 12.3. The number of carbonyl (C=O) groups is 1. The van der Waals surface area contributed by atoms with Crippen LogP contribution in [-0.2, 0) is 9.53 Å². The van der Waals surface area contributed by atoms with Gasteiger partial charge in [0.25, 0.3) is 0 Å². The lowest BCUT2D eigenvalue weighted by Crippen LogP contribution is -2.40. The Bertz CT molecular complexity index is 380. The van der Waals surface area contributed by atoms with E-state index in [9.17, 15) is 4.79 Å². The molecule has 0 aromatic heterocycles. The molecule has 3 aliphatic rings. The summed E-state index contributed by atoms with van der Waals surface area (Å²) in [5.74, 6) is 0.364. The van der Waals surface area contributed by atoms with E-state index in [1.54, 1.807) is 0 Å². The first-order valence-electron chi connectivity index (χ1n) is 8.15. The number of carbonyl (C=O) groups excluding carboxylic acids is 1. The van der Waals surface area contributed by atoms with E-state index < -0.39 is 0 Å². The predicted molar refractivity (Wildman–Crippen MR) is 78.5 cm³/mol. The number of nitrogens with zero attached hydrogens (tertiary/aromatic N) is 1. The molecule has 0 atom stereocenters. The maximum Gasteiger partial charge on any atom is 0.161 e. The summed E-state index contributed by atoms with van der Waals surface area (Å²) in [5.41, 5.74) is 2.31. The minimum atomic E-state index is 0.364. The summed E-state index contributed by atoms with van der Waals surface area (Å²) in [6.45, 7) is 4.32. The van der Waals surface area contributed by atoms with Crippen molar-refractivity contribution in [2.24, 2.45) is 0 Å². The average Bonchev–Trinajstić information content (AvgIpc) is 2.97. The SMILES string of the molecule is O=C1CCCC(NC2CCCC2)=C1CN1CCOCC1. The van der Waals surface area contributed by atoms with Crippen molar-refractivity contribution in [1.29, 1.82) is 0 Å². The third kappa shape index (κ3) is 3.41. The van der Waals surface area contributed by atoms with Crippen LogP contribution in [0.25, 0.3) is 0 Å². The van der Waals surface area contributed by atoms with Crippen LogP contribution in [0.5, 0.6) is 0 Å². The van der Waals surface area contributed by atoms with Crippen molar-refractivity contribution in [2.45, 2.75) is 51.0 Å². The molecule has 0 amide bonds. The van der Waals surface area contributed by atoms with Crippen molar-refractivity contribution in [3.8, 4) is 0 Å². The average molecular weight is 278 g/mol. The van der Waals surface area contributed by atoms with Gasteiger partial charge in [0.15, 0.2) is 5.78 Å². The normalized spacial score (nSPS) is 26.3. The van der Waals surface area contributed by atoms with Gasteiger partial charge in [-0.15, -0.1) is 0 Å². The predicted octanol–water partition coefficient (Wildman–Crippen LogP) is 1.86. The Morgan fingerprint density at radius 2 is 1.85 bits per heavy atom. The molecule has 0 aromatic rings. The van der Waals surface area contributed by atoms with E-state index in [0.717, 1.165) is 57.7 Å². The summed E-state index contributed by atoms with van der Waals surface area (Å²) >= 11 is 0. The second kappa shape index (κ2) is 6.72. The number of Topliss-reactive ketones (excluding diaryl/α,β-unsaturated/α-hetero) is 1. The topological polar surface area (TPSA) is 41.6 Å². The van der Waals surface area contributed by atoms with Gasteiger partial charge in [-0.3, -0.25) is 9.69 Å². The van der Waals surface area contributed by atoms with Crippen molar-refractivity contribution in [1.82, 2.24) is 10.2 Å². The summed E-state index contributed by atoms with van der Waals surface area (Å²) in [7, 11) is 0. The quantitative estimate of drug-likeness (QED) is 0.852. The van der Waals surface area contributed by atoms with Crippen molar-refractivity contribution in [2.75, 3.05) is 32.8 Å². The summed E-state index contributed by atoms with van der Waals surface area (Å²) in [5, 5.41) is 3.69. The lowest BCUT2D eigenvalue weighted by atomic mass is 9.93. The molecule has 4 nitrogen and oxygen atoms in total. The summed E-state index contributed by atoms with van der Waals surface area (Å²) in [6.07, 6.45) is 8.00. The number of rotatable bonds is 4. The van der Waals surface area contributed by atoms with E-state index in [-0.39, 0.29) is 0 Å². The molecule has 112 valence electrons. The van der Waals surface area contributed by atoms with Gasteiger partial charge in [-0.1, -0.05) is 12.8 Å². The number of hydrogen-bond acceptors (Lipinski definition) is 4. The Labute approximate surface area is 121 Å². The van der Waals surface area contributed by atoms with Crippen molar-refractivity contribution < 1.29 is 9.53 Å². The smallest absolute Gasteiger partial charge is 0.161 e. The molecule has 2 fully saturated rings. The van der Waals surface area contributed by atoms with E-state index in [0.29, 0.717) is 11.8 Å². The standard InChI is InChI=1S/C16H26N2O2/c19-16-7-3-6-15(17-13-4-1-2-5-13)14(16)12-18-8-10-20-11-9-18/h13,17H,1-12H2. The number of ketones is 1. The monoisotopic (exact) mass is 278 g/mol. The third-order valence-electron chi connectivity index (χ3n) is 4.75.